The van der Waals surface area contributed by atoms with Crippen molar-refractivity contribution in [2.45, 2.75) is 51.1 Å². The Morgan fingerprint density at radius 2 is 2.03 bits per heavy atom. The summed E-state index contributed by atoms with van der Waals surface area (Å²) in [5.41, 5.74) is 8.79. The molecule has 0 spiro atoms. The van der Waals surface area contributed by atoms with Gasteiger partial charge in [-0.3, -0.25) is 4.79 Å². The molecule has 0 unspecified atom stereocenters. The van der Waals surface area contributed by atoms with E-state index in [2.05, 4.69) is 37.2 Å². The first kappa shape index (κ1) is 19.4. The predicted molar refractivity (Wildman–Crippen MR) is 111 cm³/mol. The Balaban J connectivity index is 1.61. The Morgan fingerprint density at radius 3 is 2.79 bits per heavy atom. The van der Waals surface area contributed by atoms with E-state index in [0.29, 0.717) is 17.5 Å². The number of carbonyl (C=O) groups is 1. The first-order valence-electron chi connectivity index (χ1n) is 10.1. The van der Waals surface area contributed by atoms with Gasteiger partial charge in [-0.15, -0.1) is 10.2 Å². The number of aromatic nitrogens is 3. The molecular formula is C20H27N7O2. The number of nitrogens with one attached hydrogen (secondary N) is 3. The van der Waals surface area contributed by atoms with Gasteiger partial charge in [-0.2, -0.15) is 4.98 Å². The summed E-state index contributed by atoms with van der Waals surface area (Å²) in [6.07, 6.45) is 6.59. The highest BCUT2D eigenvalue weighted by atomic mass is 16.5. The Kier molecular flexibility index (Phi) is 5.75. The van der Waals surface area contributed by atoms with E-state index in [0.717, 1.165) is 50.9 Å². The Hall–Kier alpha value is -2.94. The second-order valence-electron chi connectivity index (χ2n) is 7.55. The zero-order valence-corrected chi connectivity index (χ0v) is 16.6. The van der Waals surface area contributed by atoms with Gasteiger partial charge in [-0.05, 0) is 49.1 Å². The minimum atomic E-state index is -0.645. The number of rotatable bonds is 6. The van der Waals surface area contributed by atoms with Crippen LogP contribution >= 0.6 is 0 Å². The summed E-state index contributed by atoms with van der Waals surface area (Å²) in [7, 11) is 1.63. The number of nitrogens with two attached hydrogens (primary N) is 1. The molecule has 9 nitrogen and oxygen atoms in total. The van der Waals surface area contributed by atoms with Crippen molar-refractivity contribution in [3.63, 3.8) is 0 Å². The second-order valence-corrected chi connectivity index (χ2v) is 7.55. The van der Waals surface area contributed by atoms with Crippen molar-refractivity contribution in [3.05, 3.63) is 29.0 Å². The van der Waals surface area contributed by atoms with E-state index >= 15 is 0 Å². The van der Waals surface area contributed by atoms with Crippen molar-refractivity contribution < 1.29 is 9.53 Å². The number of hydrogen-bond acceptors (Lipinski definition) is 8. The Morgan fingerprint density at radius 1 is 1.21 bits per heavy atom. The molecule has 5 N–H and O–H groups in total. The highest BCUT2D eigenvalue weighted by Crippen LogP contribution is 2.32. The number of carbonyl (C=O) groups excluding carboxylic acids is 1. The number of primary amides is 1. The highest BCUT2D eigenvalue weighted by Gasteiger charge is 2.21. The summed E-state index contributed by atoms with van der Waals surface area (Å²) < 4.78 is 5.54. The van der Waals surface area contributed by atoms with E-state index in [9.17, 15) is 4.79 Å². The Labute approximate surface area is 169 Å². The molecule has 1 aromatic heterocycles. The molecule has 1 saturated carbocycles. The lowest BCUT2D eigenvalue weighted by Crippen LogP contribution is -2.27. The van der Waals surface area contributed by atoms with E-state index in [4.69, 9.17) is 10.5 Å². The van der Waals surface area contributed by atoms with E-state index < -0.39 is 5.91 Å². The average Bonchev–Trinajstić information content (AvgIpc) is 2.74. The molecule has 2 aromatic rings. The number of hydrogen-bond donors (Lipinski definition) is 4. The van der Waals surface area contributed by atoms with Crippen LogP contribution in [0.1, 0.15) is 53.7 Å². The van der Waals surface area contributed by atoms with Gasteiger partial charge in [0.15, 0.2) is 11.5 Å². The molecule has 2 aliphatic rings. The van der Waals surface area contributed by atoms with Gasteiger partial charge in [-0.25, -0.2) is 0 Å². The third-order valence-corrected chi connectivity index (χ3v) is 5.52. The molecule has 9 heteroatoms. The van der Waals surface area contributed by atoms with Crippen LogP contribution in [0.5, 0.6) is 5.75 Å². The average molecular weight is 397 g/mol. The molecular weight excluding hydrogens is 370 g/mol. The van der Waals surface area contributed by atoms with Crippen molar-refractivity contribution in [1.29, 1.82) is 0 Å². The zero-order chi connectivity index (χ0) is 20.2. The smallest absolute Gasteiger partial charge is 0.273 e. The van der Waals surface area contributed by atoms with Crippen LogP contribution in [0.2, 0.25) is 0 Å². The summed E-state index contributed by atoms with van der Waals surface area (Å²) >= 11 is 0. The molecule has 1 aromatic carbocycles. The van der Waals surface area contributed by atoms with E-state index in [1.165, 1.54) is 17.5 Å². The quantitative estimate of drug-likeness (QED) is 0.584. The lowest BCUT2D eigenvalue weighted by atomic mass is 9.95. The maximum absolute atomic E-state index is 11.8. The molecule has 2 heterocycles. The number of amides is 1. The first-order valence-corrected chi connectivity index (χ1v) is 10.1. The third kappa shape index (κ3) is 4.40. The topological polar surface area (TPSA) is 127 Å². The second kappa shape index (κ2) is 8.60. The third-order valence-electron chi connectivity index (χ3n) is 5.52. The van der Waals surface area contributed by atoms with E-state index in [1.807, 2.05) is 6.07 Å². The molecule has 4 rings (SSSR count). The normalized spacial score (nSPS) is 16.7. The summed E-state index contributed by atoms with van der Waals surface area (Å²) in [5.74, 6) is 0.731. The molecule has 0 radical (unpaired) electrons. The summed E-state index contributed by atoms with van der Waals surface area (Å²) in [6.45, 7) is 1.77. The summed E-state index contributed by atoms with van der Waals surface area (Å²) in [4.78, 5) is 16.3. The highest BCUT2D eigenvalue weighted by molar-refractivity contribution is 5.95. The fourth-order valence-corrected chi connectivity index (χ4v) is 3.98. The van der Waals surface area contributed by atoms with Crippen LogP contribution < -0.4 is 26.4 Å². The molecule has 1 aliphatic carbocycles. The van der Waals surface area contributed by atoms with Gasteiger partial charge in [0.1, 0.15) is 5.75 Å². The summed E-state index contributed by atoms with van der Waals surface area (Å²) in [6, 6.07) is 4.35. The number of methoxy groups -OCH3 is 1. The maximum atomic E-state index is 11.8. The van der Waals surface area contributed by atoms with Gasteiger partial charge in [-0.1, -0.05) is 19.3 Å². The van der Waals surface area contributed by atoms with Crippen LogP contribution in [-0.4, -0.2) is 40.8 Å². The van der Waals surface area contributed by atoms with Crippen molar-refractivity contribution in [1.82, 2.24) is 20.5 Å². The van der Waals surface area contributed by atoms with Gasteiger partial charge in [0.05, 0.1) is 12.8 Å². The van der Waals surface area contributed by atoms with E-state index in [1.54, 1.807) is 7.11 Å². The number of anilines is 3. The molecule has 1 fully saturated rings. The first-order chi connectivity index (χ1) is 14.1. The zero-order valence-electron chi connectivity index (χ0n) is 16.6. The molecule has 0 saturated heterocycles. The number of ether oxygens (including phenoxy) is 1. The van der Waals surface area contributed by atoms with Crippen molar-refractivity contribution in [2.75, 3.05) is 24.3 Å². The van der Waals surface area contributed by atoms with Crippen molar-refractivity contribution in [3.8, 4) is 5.75 Å². The molecule has 29 heavy (non-hydrogen) atoms. The van der Waals surface area contributed by atoms with Crippen LogP contribution in [0.15, 0.2) is 12.1 Å². The van der Waals surface area contributed by atoms with Crippen LogP contribution in [-0.2, 0) is 13.0 Å². The number of benzene rings is 1. The fraction of sp³-hybridized carbons (Fsp3) is 0.500. The Bertz CT molecular complexity index is 897. The number of fused-ring (bicyclic) bond motifs is 1. The monoisotopic (exact) mass is 397 g/mol. The largest absolute Gasteiger partial charge is 0.495 e. The molecule has 154 valence electrons. The lowest BCUT2D eigenvalue weighted by molar-refractivity contribution is 0.0995. The van der Waals surface area contributed by atoms with E-state index in [-0.39, 0.29) is 11.7 Å². The summed E-state index contributed by atoms with van der Waals surface area (Å²) in [5, 5.41) is 18.0. The number of nitrogens with zero attached hydrogens (tertiary/aromatic N) is 3. The van der Waals surface area contributed by atoms with Crippen molar-refractivity contribution >= 4 is 23.4 Å². The maximum Gasteiger partial charge on any atom is 0.273 e. The van der Waals surface area contributed by atoms with Crippen molar-refractivity contribution in [2.24, 2.45) is 5.73 Å². The standard InChI is InChI=1S/C20H27N7O2/c1-29-16-10-13-11-22-8-7-12(13)9-15(16)24-20-25-19(17(18(21)28)26-27-20)23-14-5-3-2-4-6-14/h9-10,14,22H,2-8,11H2,1H3,(H2,21,28)(H2,23,24,25,27). The van der Waals surface area contributed by atoms with Gasteiger partial charge < -0.3 is 26.4 Å². The minimum absolute atomic E-state index is 0.0598. The van der Waals surface area contributed by atoms with Crippen LogP contribution in [0, 0.1) is 0 Å². The van der Waals surface area contributed by atoms with Gasteiger partial charge >= 0.3 is 0 Å². The van der Waals surface area contributed by atoms with Crippen LogP contribution in [0.25, 0.3) is 0 Å². The van der Waals surface area contributed by atoms with Gasteiger partial charge in [0, 0.05) is 12.6 Å². The SMILES string of the molecule is COc1cc2c(cc1Nc1nnc(C(N)=O)c(NC3CCCCC3)n1)CCNC2. The van der Waals surface area contributed by atoms with Gasteiger partial charge in [0.2, 0.25) is 5.95 Å². The fourth-order valence-electron chi connectivity index (χ4n) is 3.98. The molecule has 0 bridgehead atoms. The lowest BCUT2D eigenvalue weighted by Gasteiger charge is -2.24. The van der Waals surface area contributed by atoms with Crippen LogP contribution in [0.3, 0.4) is 0 Å². The van der Waals surface area contributed by atoms with Gasteiger partial charge in [0.25, 0.3) is 5.91 Å². The molecule has 1 amide bonds. The minimum Gasteiger partial charge on any atom is -0.495 e. The van der Waals surface area contributed by atoms with Crippen LogP contribution in [0.4, 0.5) is 17.5 Å². The molecule has 1 aliphatic heterocycles. The molecule has 0 atom stereocenters. The predicted octanol–water partition coefficient (Wildman–Crippen LogP) is 2.11.